The van der Waals surface area contributed by atoms with Gasteiger partial charge in [0.05, 0.1) is 63.3 Å². The van der Waals surface area contributed by atoms with Crippen molar-refractivity contribution in [1.82, 2.24) is 40.4 Å². The molecule has 0 saturated carbocycles. The van der Waals surface area contributed by atoms with Crippen LogP contribution in [0.1, 0.15) is 74.2 Å². The average Bonchev–Trinajstić information content (AvgIpc) is 4.19. The van der Waals surface area contributed by atoms with Crippen LogP contribution in [0.25, 0.3) is 33.6 Å². The van der Waals surface area contributed by atoms with Crippen LogP contribution in [0.5, 0.6) is 11.5 Å². The number of imidazole rings is 2. The molecule has 0 bridgehead atoms. The number of H-pyrrole nitrogens is 2. The van der Waals surface area contributed by atoms with Gasteiger partial charge in [-0.3, -0.25) is 9.59 Å². The summed E-state index contributed by atoms with van der Waals surface area (Å²) in [5.41, 5.74) is 4.67. The molecule has 4 atom stereocenters. The van der Waals surface area contributed by atoms with Crippen LogP contribution < -0.4 is 20.1 Å². The largest absolute Gasteiger partial charge is 0.491 e. The minimum absolute atomic E-state index is 0.150. The first-order chi connectivity index (χ1) is 32.0. The molecular formula is C47H58N8O10S. The zero-order valence-corrected chi connectivity index (χ0v) is 38.9. The topological polar surface area (TPSA) is 212 Å². The molecule has 2 aliphatic heterocycles. The summed E-state index contributed by atoms with van der Waals surface area (Å²) in [6, 6.07) is 13.2. The third-order valence-corrected chi connectivity index (χ3v) is 12.7. The Kier molecular flexibility index (Phi) is 16.0. The Labute approximate surface area is 387 Å². The summed E-state index contributed by atoms with van der Waals surface area (Å²) in [6.45, 7) is 6.14. The maximum absolute atomic E-state index is 14.0. The number of hydrogen-bond donors (Lipinski definition) is 4. The summed E-state index contributed by atoms with van der Waals surface area (Å²) in [5.74, 6) is 1.90. The summed E-state index contributed by atoms with van der Waals surface area (Å²) in [7, 11) is 5.78. The van der Waals surface area contributed by atoms with Crippen molar-refractivity contribution in [3.05, 3.63) is 82.8 Å². The van der Waals surface area contributed by atoms with E-state index >= 15 is 0 Å². The Bertz CT molecular complexity index is 2440. The van der Waals surface area contributed by atoms with E-state index in [1.54, 1.807) is 36.4 Å². The molecule has 352 valence electrons. The van der Waals surface area contributed by atoms with Crippen molar-refractivity contribution in [2.24, 2.45) is 5.92 Å². The molecule has 66 heavy (non-hydrogen) atoms. The van der Waals surface area contributed by atoms with Gasteiger partial charge < -0.3 is 58.8 Å². The molecular weight excluding hydrogens is 869 g/mol. The number of benzene rings is 2. The predicted octanol–water partition coefficient (Wildman–Crippen LogP) is 7.05. The number of alkyl carbamates (subject to hydrolysis) is 2. The predicted molar refractivity (Wildman–Crippen MR) is 246 cm³/mol. The minimum Gasteiger partial charge on any atom is -0.491 e. The number of aromatic amines is 2. The second kappa shape index (κ2) is 22.2. The number of hydrogen-bond acceptors (Lipinski definition) is 13. The van der Waals surface area contributed by atoms with Crippen LogP contribution >= 0.6 is 11.3 Å². The first-order valence-electron chi connectivity index (χ1n) is 22.0. The van der Waals surface area contributed by atoms with Crippen LogP contribution in [0.15, 0.2) is 66.3 Å². The fourth-order valence-electron chi connectivity index (χ4n) is 8.40. The first-order valence-corrected chi connectivity index (χ1v) is 22.9. The molecule has 18 nitrogen and oxygen atoms in total. The maximum Gasteiger partial charge on any atom is 0.407 e. The van der Waals surface area contributed by atoms with Crippen LogP contribution in [0.4, 0.5) is 9.59 Å². The van der Waals surface area contributed by atoms with Crippen molar-refractivity contribution < 1.29 is 47.6 Å². The van der Waals surface area contributed by atoms with Crippen molar-refractivity contribution in [1.29, 1.82) is 0 Å². The maximum atomic E-state index is 14.0. The fraction of sp³-hybridized carbons (Fsp3) is 0.447. The van der Waals surface area contributed by atoms with E-state index in [2.05, 4.69) is 20.6 Å². The average molecular weight is 927 g/mol. The Morgan fingerprint density at radius 3 is 1.70 bits per heavy atom. The van der Waals surface area contributed by atoms with E-state index in [-0.39, 0.29) is 36.4 Å². The molecule has 2 saturated heterocycles. The van der Waals surface area contributed by atoms with Gasteiger partial charge >= 0.3 is 12.2 Å². The second-order valence-electron chi connectivity index (χ2n) is 16.3. The molecule has 19 heteroatoms. The van der Waals surface area contributed by atoms with Gasteiger partial charge in [0.15, 0.2) is 0 Å². The van der Waals surface area contributed by atoms with Gasteiger partial charge in [-0.2, -0.15) is 0 Å². The Balaban J connectivity index is 1.15. The summed E-state index contributed by atoms with van der Waals surface area (Å²) in [4.78, 5) is 72.9. The van der Waals surface area contributed by atoms with Gasteiger partial charge in [0.2, 0.25) is 5.91 Å². The van der Waals surface area contributed by atoms with Crippen molar-refractivity contribution in [3.63, 3.8) is 0 Å². The number of likely N-dealkylation sites (tertiary alicyclic amines) is 2. The molecule has 5 heterocycles. The number of thiophene rings is 1. The van der Waals surface area contributed by atoms with E-state index in [0.29, 0.717) is 67.4 Å². The number of methoxy groups -OCH3 is 4. The second-order valence-corrected chi connectivity index (χ2v) is 17.3. The molecule has 3 aromatic heterocycles. The van der Waals surface area contributed by atoms with Gasteiger partial charge in [-0.05, 0) is 67.3 Å². The molecule has 4 amide bonds. The summed E-state index contributed by atoms with van der Waals surface area (Å²) in [5, 5.41) is 7.28. The number of nitrogens with zero attached hydrogens (tertiary/aromatic N) is 4. The van der Waals surface area contributed by atoms with Crippen molar-refractivity contribution in [2.45, 2.75) is 63.7 Å². The number of aromatic nitrogens is 4. The highest BCUT2D eigenvalue weighted by molar-refractivity contribution is 7.10. The Morgan fingerprint density at radius 1 is 0.712 bits per heavy atom. The van der Waals surface area contributed by atoms with E-state index in [0.717, 1.165) is 52.9 Å². The van der Waals surface area contributed by atoms with Crippen LogP contribution in [0.3, 0.4) is 0 Å². The van der Waals surface area contributed by atoms with Gasteiger partial charge in [-0.25, -0.2) is 19.6 Å². The van der Waals surface area contributed by atoms with Gasteiger partial charge in [0.25, 0.3) is 5.91 Å². The molecule has 4 N–H and O–H groups in total. The normalized spacial score (nSPS) is 16.8. The molecule has 5 aromatic rings. The SMILES string of the molecule is COCCOc1cc(-c2cnc([C@@H]3CCCN3C(=O)[C@@H](NC(=O)OC)C(C)C)[nH]2)ccc1-c1ccc(-c2cnc([C@@H]3CCCN3C(=O)[C@H](NC(=O)OC)c3cccs3)[nH]2)cc1OCCOC. The molecule has 0 spiro atoms. The zero-order valence-electron chi connectivity index (χ0n) is 38.1. The van der Waals surface area contributed by atoms with Crippen LogP contribution in [0.2, 0.25) is 0 Å². The monoisotopic (exact) mass is 926 g/mol. The van der Waals surface area contributed by atoms with Gasteiger partial charge in [0.1, 0.15) is 48.4 Å². The van der Waals surface area contributed by atoms with E-state index in [4.69, 9.17) is 38.4 Å². The fourth-order valence-corrected chi connectivity index (χ4v) is 9.17. The highest BCUT2D eigenvalue weighted by Crippen LogP contribution is 2.42. The lowest BCUT2D eigenvalue weighted by atomic mass is 9.98. The number of nitrogens with one attached hydrogen (secondary N) is 4. The molecule has 0 radical (unpaired) electrons. The highest BCUT2D eigenvalue weighted by Gasteiger charge is 2.39. The van der Waals surface area contributed by atoms with E-state index in [9.17, 15) is 19.2 Å². The van der Waals surface area contributed by atoms with E-state index < -0.39 is 24.3 Å². The molecule has 2 fully saturated rings. The number of ether oxygens (including phenoxy) is 6. The lowest BCUT2D eigenvalue weighted by Crippen LogP contribution is -2.51. The smallest absolute Gasteiger partial charge is 0.407 e. The van der Waals surface area contributed by atoms with Gasteiger partial charge in [0, 0.05) is 54.4 Å². The number of rotatable bonds is 19. The Hall–Kier alpha value is -6.44. The highest BCUT2D eigenvalue weighted by atomic mass is 32.1. The molecule has 0 unspecified atom stereocenters. The van der Waals surface area contributed by atoms with E-state index in [1.165, 1.54) is 25.6 Å². The standard InChI is InChI=1S/C47H58N8O10S/c1-28(2)40(52-46(58)62-5)44(56)54-17-7-10-35(54)42-48-26-33(50-42)29-13-15-31(37(24-29)64-21-19-60-3)32-16-14-30(25-38(32)65-22-20-61-4)34-27-49-43(51-34)36-11-8-18-55(36)45(57)41(53-47(59)63-6)39-12-9-23-66-39/h9,12-16,23-28,35-36,40-41H,7-8,10-11,17-22H2,1-6H3,(H,48,50)(H,49,51)(H,52,58)(H,53,59)/t35-,36-,40-,41+/m0/s1. The molecule has 0 aliphatic carbocycles. The quantitative estimate of drug-likeness (QED) is 0.0614. The van der Waals surface area contributed by atoms with E-state index in [1.807, 2.05) is 67.8 Å². The zero-order chi connectivity index (χ0) is 46.7. The number of amides is 4. The van der Waals surface area contributed by atoms with Crippen molar-refractivity contribution in [3.8, 4) is 45.1 Å². The van der Waals surface area contributed by atoms with Crippen LogP contribution in [-0.4, -0.2) is 128 Å². The molecule has 2 aliphatic rings. The van der Waals surface area contributed by atoms with Gasteiger partial charge in [-0.1, -0.05) is 32.0 Å². The van der Waals surface area contributed by atoms with Gasteiger partial charge in [-0.15, -0.1) is 11.3 Å². The summed E-state index contributed by atoms with van der Waals surface area (Å²) >= 11 is 1.39. The van der Waals surface area contributed by atoms with Crippen LogP contribution in [0, 0.1) is 5.92 Å². The number of carbonyl (C=O) groups is 4. The van der Waals surface area contributed by atoms with Crippen molar-refractivity contribution >= 4 is 35.3 Å². The lowest BCUT2D eigenvalue weighted by molar-refractivity contribution is -0.135. The van der Waals surface area contributed by atoms with Crippen LogP contribution in [-0.2, 0) is 28.5 Å². The summed E-state index contributed by atoms with van der Waals surface area (Å²) in [6.07, 6.45) is 5.17. The third kappa shape index (κ3) is 10.8. The Morgan fingerprint density at radius 2 is 1.23 bits per heavy atom. The lowest BCUT2D eigenvalue weighted by Gasteiger charge is -2.30. The number of carbonyl (C=O) groups excluding carboxylic acids is 4. The molecule has 7 rings (SSSR count). The minimum atomic E-state index is -0.886. The third-order valence-electron chi connectivity index (χ3n) is 11.8. The summed E-state index contributed by atoms with van der Waals surface area (Å²) < 4.78 is 33.1. The first kappa shape index (κ1) is 47.5. The molecule has 2 aromatic carbocycles. The van der Waals surface area contributed by atoms with Crippen molar-refractivity contribution in [2.75, 3.05) is 68.0 Å².